The first-order valence-electron chi connectivity index (χ1n) is 6.54. The molecule has 9 heteroatoms. The lowest BCUT2D eigenvalue weighted by atomic mass is 10.2. The van der Waals surface area contributed by atoms with Gasteiger partial charge in [-0.3, -0.25) is 10.1 Å². The number of benzene rings is 1. The van der Waals surface area contributed by atoms with E-state index in [0.717, 1.165) is 4.90 Å². The minimum Gasteiger partial charge on any atom is -0.370 e. The molecule has 1 heterocycles. The number of amides is 1. The lowest BCUT2D eigenvalue weighted by Gasteiger charge is -2.35. The van der Waals surface area contributed by atoms with E-state index in [1.165, 1.54) is 0 Å². The van der Waals surface area contributed by atoms with E-state index in [1.807, 2.05) is 0 Å². The summed E-state index contributed by atoms with van der Waals surface area (Å²) >= 11 is 30.2. The molecule has 0 bridgehead atoms. The fraction of sp³-hybridized carbons (Fsp3) is 0.462. The highest BCUT2D eigenvalue weighted by Gasteiger charge is 2.43. The average Bonchev–Trinajstić information content (AvgIpc) is 2.44. The third-order valence-corrected chi connectivity index (χ3v) is 4.62. The van der Waals surface area contributed by atoms with Crippen molar-refractivity contribution in [2.45, 2.75) is 9.96 Å². The van der Waals surface area contributed by atoms with Gasteiger partial charge < -0.3 is 9.64 Å². The molecule has 2 rings (SSSR count). The zero-order chi connectivity index (χ0) is 16.3. The normalized spacial score (nSPS) is 18.0. The Balaban J connectivity index is 2.21. The molecule has 2 N–H and O–H groups in total. The van der Waals surface area contributed by atoms with Crippen LogP contribution >= 0.6 is 58.0 Å². The molecule has 1 aromatic carbocycles. The summed E-state index contributed by atoms with van der Waals surface area (Å²) in [5.41, 5.74) is 0.165. The zero-order valence-corrected chi connectivity index (χ0v) is 15.1. The predicted molar refractivity (Wildman–Crippen MR) is 89.5 cm³/mol. The first kappa shape index (κ1) is 18.4. The van der Waals surface area contributed by atoms with Crippen molar-refractivity contribution in [1.82, 2.24) is 5.32 Å². The Bertz CT molecular complexity index is 523. The van der Waals surface area contributed by atoms with E-state index < -0.39 is 15.9 Å². The highest BCUT2D eigenvalue weighted by molar-refractivity contribution is 6.68. The maximum Gasteiger partial charge on any atom is 0.262 e. The van der Waals surface area contributed by atoms with Crippen LogP contribution in [0.5, 0.6) is 0 Å². The number of morpholine rings is 1. The Hall–Kier alpha value is 0.0600. The van der Waals surface area contributed by atoms with E-state index in [9.17, 15) is 4.79 Å². The van der Waals surface area contributed by atoms with Gasteiger partial charge in [0.2, 0.25) is 6.17 Å². The van der Waals surface area contributed by atoms with Crippen molar-refractivity contribution >= 4 is 63.9 Å². The smallest absolute Gasteiger partial charge is 0.262 e. The number of rotatable bonds is 3. The number of hydrogen-bond donors (Lipinski definition) is 2. The molecule has 0 aliphatic carbocycles. The molecule has 1 fully saturated rings. The lowest BCUT2D eigenvalue weighted by molar-refractivity contribution is -0.934. The van der Waals surface area contributed by atoms with Crippen LogP contribution in [0.1, 0.15) is 10.4 Å². The molecule has 0 radical (unpaired) electrons. The molecule has 22 heavy (non-hydrogen) atoms. The van der Waals surface area contributed by atoms with E-state index in [2.05, 4.69) is 5.32 Å². The molecule has 1 aliphatic rings. The van der Waals surface area contributed by atoms with Crippen molar-refractivity contribution in [3.8, 4) is 0 Å². The van der Waals surface area contributed by atoms with Crippen LogP contribution in [-0.2, 0) is 4.74 Å². The minimum absolute atomic E-state index is 0.165. The molecular formula is C13H14Cl5N2O2+. The number of quaternary nitrogens is 1. The molecule has 1 atom stereocenters. The Morgan fingerprint density at radius 2 is 1.73 bits per heavy atom. The molecule has 0 aromatic heterocycles. The summed E-state index contributed by atoms with van der Waals surface area (Å²) < 4.78 is 3.61. The van der Waals surface area contributed by atoms with Crippen molar-refractivity contribution in [3.05, 3.63) is 33.8 Å². The predicted octanol–water partition coefficient (Wildman–Crippen LogP) is 2.33. The molecule has 122 valence electrons. The van der Waals surface area contributed by atoms with Crippen molar-refractivity contribution in [2.24, 2.45) is 0 Å². The molecule has 0 saturated carbocycles. The van der Waals surface area contributed by atoms with Crippen LogP contribution in [0.15, 0.2) is 18.2 Å². The largest absolute Gasteiger partial charge is 0.370 e. The summed E-state index contributed by atoms with van der Waals surface area (Å²) in [6.07, 6.45) is -0.735. The standard InChI is InChI=1S/C13H13Cl5N2O2/c14-8-2-1-3-9(15)10(8)11(21)19-12(13(16,17)18)20-4-6-22-7-5-20/h1-3,12H,4-7H2,(H,19,21)/p+1/t12-/m0/s1. The molecule has 1 amide bonds. The third kappa shape index (κ3) is 4.54. The van der Waals surface area contributed by atoms with Gasteiger partial charge in [0.1, 0.15) is 13.1 Å². The zero-order valence-electron chi connectivity index (χ0n) is 11.3. The SMILES string of the molecule is O=C(N[C@@H]([NH+]1CCOCC1)C(Cl)(Cl)Cl)c1c(Cl)cccc1Cl. The molecular weight excluding hydrogens is 393 g/mol. The second-order valence-electron chi connectivity index (χ2n) is 4.82. The topological polar surface area (TPSA) is 42.8 Å². The summed E-state index contributed by atoms with van der Waals surface area (Å²) in [4.78, 5) is 13.4. The van der Waals surface area contributed by atoms with Gasteiger partial charge in [-0.1, -0.05) is 64.1 Å². The van der Waals surface area contributed by atoms with Crippen molar-refractivity contribution in [2.75, 3.05) is 26.3 Å². The van der Waals surface area contributed by atoms with Gasteiger partial charge in [0.25, 0.3) is 9.70 Å². The summed E-state index contributed by atoms with van der Waals surface area (Å²) in [7, 11) is 0. The number of alkyl halides is 3. The monoisotopic (exact) mass is 405 g/mol. The van der Waals surface area contributed by atoms with E-state index in [0.29, 0.717) is 26.3 Å². The number of hydrogen-bond acceptors (Lipinski definition) is 2. The van der Waals surface area contributed by atoms with Gasteiger partial charge in [0.15, 0.2) is 0 Å². The van der Waals surface area contributed by atoms with Crippen molar-refractivity contribution in [1.29, 1.82) is 0 Å². The van der Waals surface area contributed by atoms with Crippen LogP contribution < -0.4 is 10.2 Å². The number of carbonyl (C=O) groups excluding carboxylic acids is 1. The maximum atomic E-state index is 12.5. The van der Waals surface area contributed by atoms with Crippen LogP contribution in [0.2, 0.25) is 10.0 Å². The molecule has 0 unspecified atom stereocenters. The number of halogens is 5. The first-order valence-corrected chi connectivity index (χ1v) is 8.43. The van der Waals surface area contributed by atoms with Gasteiger partial charge in [0.05, 0.1) is 28.8 Å². The van der Waals surface area contributed by atoms with Crippen molar-refractivity contribution < 1.29 is 14.4 Å². The third-order valence-electron chi connectivity index (χ3n) is 3.34. The highest BCUT2D eigenvalue weighted by Crippen LogP contribution is 2.29. The summed E-state index contributed by atoms with van der Waals surface area (Å²) in [5.74, 6) is -0.481. The lowest BCUT2D eigenvalue weighted by Crippen LogP contribution is -3.21. The molecule has 4 nitrogen and oxygen atoms in total. The van der Waals surface area contributed by atoms with E-state index in [1.54, 1.807) is 18.2 Å². The molecule has 0 spiro atoms. The van der Waals surface area contributed by atoms with Gasteiger partial charge in [-0.25, -0.2) is 0 Å². The quantitative estimate of drug-likeness (QED) is 0.756. The maximum absolute atomic E-state index is 12.5. The van der Waals surface area contributed by atoms with Gasteiger partial charge in [-0.05, 0) is 12.1 Å². The first-order chi connectivity index (χ1) is 10.3. The van der Waals surface area contributed by atoms with E-state index in [-0.39, 0.29) is 15.6 Å². The number of carbonyl (C=O) groups is 1. The van der Waals surface area contributed by atoms with Crippen LogP contribution in [0.4, 0.5) is 0 Å². The second kappa shape index (κ2) is 7.75. The fourth-order valence-electron chi connectivity index (χ4n) is 2.26. The van der Waals surface area contributed by atoms with E-state index in [4.69, 9.17) is 62.7 Å². The Morgan fingerprint density at radius 1 is 1.18 bits per heavy atom. The van der Waals surface area contributed by atoms with Crippen LogP contribution in [0, 0.1) is 0 Å². The Kier molecular flexibility index (Phi) is 6.48. The number of nitrogens with one attached hydrogen (secondary N) is 2. The molecule has 1 aromatic rings. The number of ether oxygens (including phenoxy) is 1. The molecule has 1 saturated heterocycles. The van der Waals surface area contributed by atoms with Gasteiger partial charge in [-0.2, -0.15) is 0 Å². The summed E-state index contributed by atoms with van der Waals surface area (Å²) in [6.45, 7) is 2.31. The highest BCUT2D eigenvalue weighted by atomic mass is 35.6. The average molecular weight is 408 g/mol. The summed E-state index contributed by atoms with van der Waals surface area (Å²) in [5, 5.41) is 3.21. The van der Waals surface area contributed by atoms with Crippen LogP contribution in [0.3, 0.4) is 0 Å². The van der Waals surface area contributed by atoms with Crippen LogP contribution in [0.25, 0.3) is 0 Å². The van der Waals surface area contributed by atoms with Gasteiger partial charge >= 0.3 is 0 Å². The van der Waals surface area contributed by atoms with Crippen molar-refractivity contribution in [3.63, 3.8) is 0 Å². The summed E-state index contributed by atoms with van der Waals surface area (Å²) in [6, 6.07) is 4.81. The van der Waals surface area contributed by atoms with Gasteiger partial charge in [0, 0.05) is 0 Å². The minimum atomic E-state index is -1.67. The van der Waals surface area contributed by atoms with Crippen LogP contribution in [-0.4, -0.2) is 42.2 Å². The van der Waals surface area contributed by atoms with Gasteiger partial charge in [-0.15, -0.1) is 0 Å². The van der Waals surface area contributed by atoms with E-state index >= 15 is 0 Å². The second-order valence-corrected chi connectivity index (χ2v) is 8.00. The Labute approximate surface area is 153 Å². The Morgan fingerprint density at radius 3 is 2.23 bits per heavy atom. The molecule has 1 aliphatic heterocycles. The fourth-order valence-corrected chi connectivity index (χ4v) is 3.45.